The van der Waals surface area contributed by atoms with Crippen LogP contribution in [0.15, 0.2) is 41.4 Å². The topological polar surface area (TPSA) is 94.9 Å². The lowest BCUT2D eigenvalue weighted by Gasteiger charge is -2.11. The first kappa shape index (κ1) is 15.0. The summed E-state index contributed by atoms with van der Waals surface area (Å²) in [6.45, 7) is 1.72. The van der Waals surface area contributed by atoms with E-state index in [0.29, 0.717) is 22.6 Å². The summed E-state index contributed by atoms with van der Waals surface area (Å²) in [6, 6.07) is 10.3. The second-order valence-electron chi connectivity index (χ2n) is 4.32. The number of pyridine rings is 1. The van der Waals surface area contributed by atoms with Gasteiger partial charge < -0.3 is 5.32 Å². The molecule has 0 aliphatic rings. The maximum absolute atomic E-state index is 11.9. The molecular weight excluding hydrogens is 288 g/mol. The zero-order valence-electron chi connectivity index (χ0n) is 11.6. The number of benzene rings is 1. The number of hydrogen-bond acceptors (Lipinski definition) is 5. The van der Waals surface area contributed by atoms with Crippen LogP contribution in [0.25, 0.3) is 0 Å². The van der Waals surface area contributed by atoms with Crippen LogP contribution in [0.1, 0.15) is 11.1 Å². The van der Waals surface area contributed by atoms with Crippen LogP contribution in [-0.2, 0) is 10.0 Å². The molecule has 1 aromatic carbocycles. The highest BCUT2D eigenvalue weighted by Gasteiger charge is 2.15. The third kappa shape index (κ3) is 3.18. The van der Waals surface area contributed by atoms with Crippen molar-refractivity contribution in [2.45, 2.75) is 11.8 Å². The fourth-order valence-corrected chi connectivity index (χ4v) is 2.80. The van der Waals surface area contributed by atoms with Crippen LogP contribution in [0, 0.1) is 18.3 Å². The molecule has 0 fully saturated rings. The fraction of sp³-hybridized carbons (Fsp3) is 0.143. The van der Waals surface area contributed by atoms with Crippen molar-refractivity contribution in [1.29, 1.82) is 5.26 Å². The summed E-state index contributed by atoms with van der Waals surface area (Å²) in [5.74, 6) is 0.386. The molecule has 108 valence electrons. The summed E-state index contributed by atoms with van der Waals surface area (Å²) in [5, 5.41) is 12.0. The molecule has 0 aliphatic carbocycles. The summed E-state index contributed by atoms with van der Waals surface area (Å²) in [7, 11) is -2.17. The van der Waals surface area contributed by atoms with Gasteiger partial charge in [-0.1, -0.05) is 6.07 Å². The van der Waals surface area contributed by atoms with Crippen LogP contribution in [0.5, 0.6) is 0 Å². The average molecular weight is 302 g/mol. The van der Waals surface area contributed by atoms with Crippen molar-refractivity contribution in [2.75, 3.05) is 12.4 Å². The van der Waals surface area contributed by atoms with Gasteiger partial charge in [0.25, 0.3) is 0 Å². The van der Waals surface area contributed by atoms with Crippen LogP contribution in [0.2, 0.25) is 0 Å². The van der Waals surface area contributed by atoms with Crippen molar-refractivity contribution < 1.29 is 8.42 Å². The third-order valence-corrected chi connectivity index (χ3v) is 4.49. The zero-order valence-corrected chi connectivity index (χ0v) is 12.4. The van der Waals surface area contributed by atoms with E-state index < -0.39 is 10.0 Å². The van der Waals surface area contributed by atoms with Crippen LogP contribution >= 0.6 is 0 Å². The highest BCUT2D eigenvalue weighted by Crippen LogP contribution is 2.23. The Bertz CT molecular complexity index is 810. The minimum atomic E-state index is -3.53. The van der Waals surface area contributed by atoms with E-state index in [0.717, 1.165) is 0 Å². The minimum Gasteiger partial charge on any atom is -0.339 e. The molecule has 2 aromatic rings. The molecule has 0 saturated carbocycles. The molecule has 0 amide bonds. The van der Waals surface area contributed by atoms with Gasteiger partial charge in [0.05, 0.1) is 10.5 Å². The highest BCUT2D eigenvalue weighted by molar-refractivity contribution is 7.89. The monoisotopic (exact) mass is 302 g/mol. The Labute approximate surface area is 123 Å². The van der Waals surface area contributed by atoms with E-state index >= 15 is 0 Å². The number of nitriles is 1. The van der Waals surface area contributed by atoms with E-state index in [9.17, 15) is 8.42 Å². The molecule has 21 heavy (non-hydrogen) atoms. The Morgan fingerprint density at radius 3 is 2.71 bits per heavy atom. The summed E-state index contributed by atoms with van der Waals surface area (Å²) >= 11 is 0. The van der Waals surface area contributed by atoms with Gasteiger partial charge in [-0.25, -0.2) is 18.1 Å². The molecule has 1 aromatic heterocycles. The molecule has 0 aliphatic heterocycles. The molecule has 0 unspecified atom stereocenters. The van der Waals surface area contributed by atoms with Gasteiger partial charge >= 0.3 is 0 Å². The lowest BCUT2D eigenvalue weighted by molar-refractivity contribution is 0.587. The van der Waals surface area contributed by atoms with Crippen LogP contribution < -0.4 is 10.0 Å². The molecule has 7 heteroatoms. The van der Waals surface area contributed by atoms with Gasteiger partial charge in [-0.05, 0) is 43.8 Å². The van der Waals surface area contributed by atoms with E-state index in [2.05, 4.69) is 15.0 Å². The van der Waals surface area contributed by atoms with Crippen molar-refractivity contribution in [1.82, 2.24) is 9.71 Å². The Kier molecular flexibility index (Phi) is 4.21. The number of nitrogens with one attached hydrogen (secondary N) is 2. The summed E-state index contributed by atoms with van der Waals surface area (Å²) < 4.78 is 26.2. The third-order valence-electron chi connectivity index (χ3n) is 2.94. The SMILES string of the molecule is CNS(=O)(=O)c1cc(Nc2ncccc2C#N)ccc1C. The van der Waals surface area contributed by atoms with Crippen molar-refractivity contribution >= 4 is 21.5 Å². The van der Waals surface area contributed by atoms with Gasteiger partial charge in [0.15, 0.2) is 0 Å². The summed E-state index contributed by atoms with van der Waals surface area (Å²) in [4.78, 5) is 4.27. The van der Waals surface area contributed by atoms with Crippen LogP contribution in [0.4, 0.5) is 11.5 Å². The quantitative estimate of drug-likeness (QED) is 0.899. The number of nitrogens with zero attached hydrogens (tertiary/aromatic N) is 2. The number of rotatable bonds is 4. The van der Waals surface area contributed by atoms with E-state index in [1.54, 1.807) is 37.4 Å². The molecule has 0 atom stereocenters. The van der Waals surface area contributed by atoms with Gasteiger partial charge in [-0.15, -0.1) is 0 Å². The van der Waals surface area contributed by atoms with Gasteiger partial charge in [0.1, 0.15) is 11.9 Å². The fourth-order valence-electron chi connectivity index (χ4n) is 1.81. The van der Waals surface area contributed by atoms with Crippen molar-refractivity contribution in [2.24, 2.45) is 0 Å². The number of aryl methyl sites for hydroxylation is 1. The molecule has 0 saturated heterocycles. The first-order valence-electron chi connectivity index (χ1n) is 6.14. The smallest absolute Gasteiger partial charge is 0.240 e. The maximum Gasteiger partial charge on any atom is 0.240 e. The lowest BCUT2D eigenvalue weighted by Crippen LogP contribution is -2.19. The first-order valence-corrected chi connectivity index (χ1v) is 7.62. The molecule has 2 N–H and O–H groups in total. The van der Waals surface area contributed by atoms with Crippen molar-refractivity contribution in [3.63, 3.8) is 0 Å². The van der Waals surface area contributed by atoms with Gasteiger partial charge in [0, 0.05) is 11.9 Å². The van der Waals surface area contributed by atoms with Crippen LogP contribution in [-0.4, -0.2) is 20.4 Å². The summed E-state index contributed by atoms with van der Waals surface area (Å²) in [5.41, 5.74) is 1.57. The van der Waals surface area contributed by atoms with E-state index in [1.165, 1.54) is 13.1 Å². The Morgan fingerprint density at radius 1 is 1.29 bits per heavy atom. The number of hydrogen-bond donors (Lipinski definition) is 2. The second-order valence-corrected chi connectivity index (χ2v) is 6.18. The number of aromatic nitrogens is 1. The predicted octanol–water partition coefficient (Wildman–Crippen LogP) is 1.91. The number of sulfonamides is 1. The molecular formula is C14H14N4O2S. The molecule has 0 bridgehead atoms. The van der Waals surface area contributed by atoms with Crippen molar-refractivity contribution in [3.8, 4) is 6.07 Å². The molecule has 6 nitrogen and oxygen atoms in total. The van der Waals surface area contributed by atoms with E-state index in [4.69, 9.17) is 5.26 Å². The standard InChI is InChI=1S/C14H14N4O2S/c1-10-5-6-12(8-13(10)21(19,20)16-2)18-14-11(9-15)4-3-7-17-14/h3-8,16H,1-2H3,(H,17,18). The Balaban J connectivity index is 2.44. The normalized spacial score (nSPS) is 10.9. The molecule has 1 heterocycles. The molecule has 2 rings (SSSR count). The average Bonchev–Trinajstić information content (AvgIpc) is 2.49. The van der Waals surface area contributed by atoms with E-state index in [-0.39, 0.29) is 4.90 Å². The lowest BCUT2D eigenvalue weighted by atomic mass is 10.2. The van der Waals surface area contributed by atoms with Crippen molar-refractivity contribution in [3.05, 3.63) is 47.7 Å². The zero-order chi connectivity index (χ0) is 15.5. The highest BCUT2D eigenvalue weighted by atomic mass is 32.2. The van der Waals surface area contributed by atoms with Crippen LogP contribution in [0.3, 0.4) is 0 Å². The van der Waals surface area contributed by atoms with Gasteiger partial charge in [-0.3, -0.25) is 0 Å². The second kappa shape index (κ2) is 5.91. The van der Waals surface area contributed by atoms with E-state index in [1.807, 2.05) is 6.07 Å². The Morgan fingerprint density at radius 2 is 2.05 bits per heavy atom. The van der Waals surface area contributed by atoms with Gasteiger partial charge in [0.2, 0.25) is 10.0 Å². The molecule has 0 spiro atoms. The molecule has 0 radical (unpaired) electrons. The predicted molar refractivity (Wildman–Crippen MR) is 79.7 cm³/mol. The minimum absolute atomic E-state index is 0.185. The van der Waals surface area contributed by atoms with Gasteiger partial charge in [-0.2, -0.15) is 5.26 Å². The first-order chi connectivity index (χ1) is 9.97. The number of anilines is 2. The largest absolute Gasteiger partial charge is 0.339 e. The summed E-state index contributed by atoms with van der Waals surface area (Å²) in [6.07, 6.45) is 1.56. The maximum atomic E-state index is 11.9. The Hall–Kier alpha value is -2.43.